The maximum absolute atomic E-state index is 12.2. The van der Waals surface area contributed by atoms with Crippen molar-refractivity contribution in [3.63, 3.8) is 0 Å². The van der Waals surface area contributed by atoms with E-state index in [1.165, 1.54) is 12.8 Å². The van der Waals surface area contributed by atoms with E-state index < -0.39 is 0 Å². The Bertz CT molecular complexity index is 602. The third-order valence-corrected chi connectivity index (χ3v) is 8.62. The van der Waals surface area contributed by atoms with Gasteiger partial charge in [0.25, 0.3) is 0 Å². The van der Waals surface area contributed by atoms with Crippen LogP contribution in [0.15, 0.2) is 0 Å². The van der Waals surface area contributed by atoms with Crippen LogP contribution in [-0.2, 0) is 28.5 Å². The normalized spacial score (nSPS) is 12.9. The zero-order valence-electron chi connectivity index (χ0n) is 26.8. The molecular weight excluding hydrogens is 516 g/mol. The summed E-state index contributed by atoms with van der Waals surface area (Å²) >= 11 is 1.67. The SMILES string of the molecule is CCC(C)(CC)CCOCCOCCOCCOCCNC(=O)CSC(C)(C)CN(C)CCOC(C)(C)CC. The highest BCUT2D eigenvalue weighted by Crippen LogP contribution is 2.29. The van der Waals surface area contributed by atoms with E-state index in [1.807, 2.05) is 0 Å². The Labute approximate surface area is 244 Å². The van der Waals surface area contributed by atoms with Crippen LogP contribution in [0.2, 0.25) is 0 Å². The molecule has 0 bridgehead atoms. The Morgan fingerprint density at radius 1 is 0.744 bits per heavy atom. The van der Waals surface area contributed by atoms with Crippen LogP contribution in [0.5, 0.6) is 0 Å². The summed E-state index contributed by atoms with van der Waals surface area (Å²) in [4.78, 5) is 14.5. The fraction of sp³-hybridized carbons (Fsp3) is 0.967. The Morgan fingerprint density at radius 3 is 1.77 bits per heavy atom. The van der Waals surface area contributed by atoms with Crippen molar-refractivity contribution >= 4 is 17.7 Å². The minimum Gasteiger partial charge on any atom is -0.379 e. The maximum atomic E-state index is 12.2. The lowest BCUT2D eigenvalue weighted by molar-refractivity contribution is -0.118. The molecule has 39 heavy (non-hydrogen) atoms. The van der Waals surface area contributed by atoms with Gasteiger partial charge in [0, 0.05) is 31.0 Å². The highest BCUT2D eigenvalue weighted by Gasteiger charge is 2.23. The molecule has 0 radical (unpaired) electrons. The van der Waals surface area contributed by atoms with Crippen LogP contribution in [0, 0.1) is 5.41 Å². The summed E-state index contributed by atoms with van der Waals surface area (Å²) in [7, 11) is 2.10. The van der Waals surface area contributed by atoms with E-state index in [9.17, 15) is 4.79 Å². The Morgan fingerprint density at radius 2 is 1.26 bits per heavy atom. The van der Waals surface area contributed by atoms with Gasteiger partial charge in [0.15, 0.2) is 0 Å². The first-order chi connectivity index (χ1) is 18.4. The molecule has 0 heterocycles. The first kappa shape index (κ1) is 38.6. The van der Waals surface area contributed by atoms with E-state index in [0.29, 0.717) is 70.6 Å². The van der Waals surface area contributed by atoms with Crippen LogP contribution in [-0.4, -0.2) is 113 Å². The van der Waals surface area contributed by atoms with Gasteiger partial charge in [0.1, 0.15) is 0 Å². The third-order valence-electron chi connectivity index (χ3n) is 7.30. The van der Waals surface area contributed by atoms with Crippen LogP contribution < -0.4 is 5.32 Å². The van der Waals surface area contributed by atoms with Crippen molar-refractivity contribution < 1.29 is 28.5 Å². The molecule has 0 saturated carbocycles. The molecule has 0 aliphatic heterocycles. The number of nitrogens with zero attached hydrogens (tertiary/aromatic N) is 1. The number of amides is 1. The average Bonchev–Trinajstić information content (AvgIpc) is 2.89. The van der Waals surface area contributed by atoms with E-state index >= 15 is 0 Å². The number of hydrogen-bond donors (Lipinski definition) is 1. The molecular formula is C30H62N2O6S. The van der Waals surface area contributed by atoms with E-state index in [0.717, 1.165) is 32.5 Å². The van der Waals surface area contributed by atoms with E-state index in [1.54, 1.807) is 11.8 Å². The highest BCUT2D eigenvalue weighted by molar-refractivity contribution is 8.01. The fourth-order valence-electron chi connectivity index (χ4n) is 3.61. The number of nitrogens with one attached hydrogen (secondary N) is 1. The van der Waals surface area contributed by atoms with Crippen molar-refractivity contribution in [1.29, 1.82) is 0 Å². The van der Waals surface area contributed by atoms with Crippen LogP contribution in [0.1, 0.15) is 81.1 Å². The Hall–Kier alpha value is -0.420. The molecule has 0 fully saturated rings. The molecule has 1 amide bonds. The lowest BCUT2D eigenvalue weighted by Crippen LogP contribution is -2.38. The van der Waals surface area contributed by atoms with Gasteiger partial charge in [-0.3, -0.25) is 4.79 Å². The molecule has 9 heteroatoms. The quantitative estimate of drug-likeness (QED) is 0.136. The molecule has 0 spiro atoms. The van der Waals surface area contributed by atoms with Gasteiger partial charge in [-0.15, -0.1) is 11.8 Å². The van der Waals surface area contributed by atoms with Crippen molar-refractivity contribution in [3.8, 4) is 0 Å². The van der Waals surface area contributed by atoms with Crippen molar-refractivity contribution in [1.82, 2.24) is 10.2 Å². The Balaban J connectivity index is 3.60. The van der Waals surface area contributed by atoms with Crippen molar-refractivity contribution in [2.24, 2.45) is 5.41 Å². The molecule has 0 atom stereocenters. The van der Waals surface area contributed by atoms with Gasteiger partial charge in [-0.1, -0.05) is 40.5 Å². The number of carbonyl (C=O) groups excluding carboxylic acids is 1. The van der Waals surface area contributed by atoms with Crippen molar-refractivity contribution in [2.75, 3.05) is 91.9 Å². The Kier molecular flexibility index (Phi) is 22.0. The average molecular weight is 579 g/mol. The second-order valence-corrected chi connectivity index (χ2v) is 13.5. The van der Waals surface area contributed by atoms with E-state index in [4.69, 9.17) is 23.7 Å². The van der Waals surface area contributed by atoms with Crippen LogP contribution in [0.25, 0.3) is 0 Å². The fourth-order valence-corrected chi connectivity index (χ4v) is 4.55. The van der Waals surface area contributed by atoms with E-state index in [2.05, 4.69) is 72.7 Å². The zero-order valence-corrected chi connectivity index (χ0v) is 27.6. The molecule has 0 aliphatic carbocycles. The zero-order chi connectivity index (χ0) is 29.6. The van der Waals surface area contributed by atoms with Gasteiger partial charge >= 0.3 is 0 Å². The number of ether oxygens (including phenoxy) is 5. The van der Waals surface area contributed by atoms with E-state index in [-0.39, 0.29) is 16.3 Å². The van der Waals surface area contributed by atoms with Gasteiger partial charge in [-0.05, 0) is 53.0 Å². The molecule has 0 saturated heterocycles. The summed E-state index contributed by atoms with van der Waals surface area (Å²) in [6.45, 7) is 25.1. The largest absolute Gasteiger partial charge is 0.379 e. The molecule has 0 rings (SSSR count). The second kappa shape index (κ2) is 22.2. The topological polar surface area (TPSA) is 78.5 Å². The predicted molar refractivity (Wildman–Crippen MR) is 164 cm³/mol. The van der Waals surface area contributed by atoms with Crippen LogP contribution >= 0.6 is 11.8 Å². The lowest BCUT2D eigenvalue weighted by Gasteiger charge is -2.31. The molecule has 0 aliphatic rings. The highest BCUT2D eigenvalue weighted by atomic mass is 32.2. The molecule has 0 unspecified atom stereocenters. The standard InChI is InChI=1S/C30H62N2O6S/c1-10-28(4,5)38-18-15-32(9)26-29(6,7)39-25-27(33)31-14-17-35-20-22-37-24-23-36-21-19-34-16-13-30(8,11-2)12-3/h10-26H2,1-9H3,(H,31,33). The maximum Gasteiger partial charge on any atom is 0.230 e. The van der Waals surface area contributed by atoms with Crippen molar-refractivity contribution in [2.45, 2.75) is 91.4 Å². The summed E-state index contributed by atoms with van der Waals surface area (Å²) in [5, 5.41) is 2.93. The minimum atomic E-state index is -0.0736. The second-order valence-electron chi connectivity index (χ2n) is 11.8. The lowest BCUT2D eigenvalue weighted by atomic mass is 9.82. The third kappa shape index (κ3) is 22.9. The molecule has 0 aromatic rings. The first-order valence-electron chi connectivity index (χ1n) is 14.9. The van der Waals surface area contributed by atoms with Gasteiger partial charge in [0.2, 0.25) is 5.91 Å². The minimum absolute atomic E-state index is 0.0254. The molecule has 0 aromatic carbocycles. The van der Waals surface area contributed by atoms with Crippen LogP contribution in [0.4, 0.5) is 0 Å². The van der Waals surface area contributed by atoms with Crippen LogP contribution in [0.3, 0.4) is 0 Å². The smallest absolute Gasteiger partial charge is 0.230 e. The van der Waals surface area contributed by atoms with Gasteiger partial charge in [-0.25, -0.2) is 0 Å². The summed E-state index contributed by atoms with van der Waals surface area (Å²) in [5.74, 6) is 0.472. The van der Waals surface area contributed by atoms with Gasteiger partial charge in [-0.2, -0.15) is 0 Å². The van der Waals surface area contributed by atoms with Gasteiger partial charge in [0.05, 0.1) is 64.2 Å². The first-order valence-corrected chi connectivity index (χ1v) is 15.9. The molecule has 0 aromatic heterocycles. The summed E-state index contributed by atoms with van der Waals surface area (Å²) < 4.78 is 28.2. The molecule has 234 valence electrons. The number of likely N-dealkylation sites (N-methyl/N-ethyl adjacent to an activating group) is 1. The summed E-state index contributed by atoms with van der Waals surface area (Å²) in [6.07, 6.45) is 4.46. The molecule has 8 nitrogen and oxygen atoms in total. The number of carbonyl (C=O) groups is 1. The van der Waals surface area contributed by atoms with Gasteiger partial charge < -0.3 is 33.9 Å². The molecule has 1 N–H and O–H groups in total. The number of thioether (sulfide) groups is 1. The number of rotatable bonds is 27. The van der Waals surface area contributed by atoms with Crippen molar-refractivity contribution in [3.05, 3.63) is 0 Å². The monoisotopic (exact) mass is 578 g/mol. The summed E-state index contributed by atoms with van der Waals surface area (Å²) in [5.41, 5.74) is 0.313. The predicted octanol–water partition coefficient (Wildman–Crippen LogP) is 5.03. The summed E-state index contributed by atoms with van der Waals surface area (Å²) in [6, 6.07) is 0. The number of hydrogen-bond acceptors (Lipinski definition) is 8.